The van der Waals surface area contributed by atoms with E-state index in [4.69, 9.17) is 9.47 Å². The van der Waals surface area contributed by atoms with Gasteiger partial charge in [-0.15, -0.1) is 0 Å². The molecule has 420 valence electrons. The van der Waals surface area contributed by atoms with Crippen molar-refractivity contribution >= 4 is 45.2 Å². The molecule has 0 saturated heterocycles. The molecule has 0 amide bonds. The van der Waals surface area contributed by atoms with Gasteiger partial charge >= 0.3 is 0 Å². The Hall–Kier alpha value is -10.7. The van der Waals surface area contributed by atoms with E-state index >= 15 is 0 Å². The summed E-state index contributed by atoms with van der Waals surface area (Å²) in [7, 11) is 3.76. The average Bonchev–Trinajstić information content (AvgIpc) is 2.74. The Balaban J connectivity index is 0.000000175. The second kappa shape index (κ2) is 23.4. The highest BCUT2D eigenvalue weighted by molar-refractivity contribution is 6.13. The van der Waals surface area contributed by atoms with Crippen LogP contribution in [0.4, 0.5) is 8.78 Å². The fourth-order valence-electron chi connectivity index (χ4n) is 9.39. The zero-order valence-corrected chi connectivity index (χ0v) is 46.4. The molecule has 0 saturated carbocycles. The minimum Gasteiger partial charge on any atom is -0.455 e. The molecule has 84 heavy (non-hydrogen) atoms. The number of aromatic amines is 1. The summed E-state index contributed by atoms with van der Waals surface area (Å²) in [6.45, 7) is 8.20. The number of nitrogens with zero attached hydrogens (tertiary/aromatic N) is 12. The van der Waals surface area contributed by atoms with Crippen LogP contribution < -0.4 is 20.3 Å². The number of benzene rings is 4. The molecule has 0 unspecified atom stereocenters. The quantitative estimate of drug-likeness (QED) is 0.0890. The number of aromatic nitrogens is 12. The molecule has 11 aromatic rings. The number of fused-ring (bicyclic) bond motifs is 2. The largest absolute Gasteiger partial charge is 0.455 e. The molecular weight excluding hydrogens is 1070 g/mol. The number of aryl methyl sites for hydroxylation is 2. The van der Waals surface area contributed by atoms with Crippen molar-refractivity contribution in [3.8, 4) is 56.4 Å². The minimum absolute atomic E-state index is 0.104. The zero-order chi connectivity index (χ0) is 58.8. The number of aliphatic imine (C=N–C) groups is 1. The second-order valence-electron chi connectivity index (χ2n) is 20.5. The molecule has 8 heterocycles. The molecule has 1 aliphatic rings. The molecule has 4 aromatic carbocycles. The third kappa shape index (κ3) is 11.7. The lowest BCUT2D eigenvalue weighted by Crippen LogP contribution is -2.25. The zero-order valence-electron chi connectivity index (χ0n) is 46.4. The van der Waals surface area contributed by atoms with Crippen molar-refractivity contribution in [3.63, 3.8) is 0 Å². The van der Waals surface area contributed by atoms with Gasteiger partial charge in [-0.25, -0.2) is 8.78 Å². The highest BCUT2D eigenvalue weighted by Gasteiger charge is 2.23. The lowest BCUT2D eigenvalue weighted by atomic mass is 10.0. The van der Waals surface area contributed by atoms with Crippen LogP contribution in [0.2, 0.25) is 0 Å². The van der Waals surface area contributed by atoms with Gasteiger partial charge in [-0.1, -0.05) is 30.3 Å². The van der Waals surface area contributed by atoms with Crippen LogP contribution in [0, 0.1) is 11.6 Å². The first-order chi connectivity index (χ1) is 40.5. The van der Waals surface area contributed by atoms with Gasteiger partial charge in [0.1, 0.15) is 34.6 Å². The van der Waals surface area contributed by atoms with Crippen molar-refractivity contribution in [1.82, 2.24) is 59.3 Å². The Bertz CT molecular complexity index is 4470. The molecule has 12 rings (SSSR count). The van der Waals surface area contributed by atoms with E-state index in [-0.39, 0.29) is 47.4 Å². The Morgan fingerprint density at radius 1 is 0.583 bits per heavy atom. The number of hydrogen-bond acceptors (Lipinski definition) is 14. The normalized spacial score (nSPS) is 12.0. The van der Waals surface area contributed by atoms with E-state index in [1.54, 1.807) is 81.7 Å². The van der Waals surface area contributed by atoms with E-state index in [1.165, 1.54) is 54.7 Å². The van der Waals surface area contributed by atoms with Crippen LogP contribution in [0.1, 0.15) is 77.7 Å². The van der Waals surface area contributed by atoms with Crippen molar-refractivity contribution < 1.29 is 27.8 Å². The van der Waals surface area contributed by atoms with Crippen LogP contribution in [-0.4, -0.2) is 83.6 Å². The molecule has 19 nitrogen and oxygen atoms in total. The minimum atomic E-state index is -0.513. The number of carbonyl (C=O) groups excluding carboxylic acids is 2. The van der Waals surface area contributed by atoms with Crippen LogP contribution >= 0.6 is 0 Å². The summed E-state index contributed by atoms with van der Waals surface area (Å²) in [5, 5.41) is 26.0. The van der Waals surface area contributed by atoms with E-state index in [2.05, 4.69) is 45.6 Å². The van der Waals surface area contributed by atoms with Crippen molar-refractivity contribution in [2.45, 2.75) is 52.6 Å². The third-order valence-electron chi connectivity index (χ3n) is 14.0. The fourth-order valence-corrected chi connectivity index (χ4v) is 9.39. The Labute approximate surface area is 478 Å². The number of rotatable bonds is 16. The van der Waals surface area contributed by atoms with Gasteiger partial charge in [-0.2, -0.15) is 25.5 Å². The summed E-state index contributed by atoms with van der Waals surface area (Å²) in [5.74, 6) is 0.435. The molecule has 0 aliphatic carbocycles. The number of allylic oxidation sites excluding steroid dienone is 1. The van der Waals surface area contributed by atoms with Gasteiger partial charge in [0.05, 0.1) is 61.4 Å². The van der Waals surface area contributed by atoms with Gasteiger partial charge in [0.25, 0.3) is 0 Å². The lowest BCUT2D eigenvalue weighted by molar-refractivity contribution is 0.0975. The smallest absolute Gasteiger partial charge is 0.219 e. The van der Waals surface area contributed by atoms with Crippen LogP contribution in [0.5, 0.6) is 23.0 Å². The third-order valence-corrected chi connectivity index (χ3v) is 14.0. The summed E-state index contributed by atoms with van der Waals surface area (Å²) in [4.78, 5) is 66.4. The molecule has 0 spiro atoms. The van der Waals surface area contributed by atoms with E-state index in [0.717, 1.165) is 44.1 Å². The molecule has 0 bridgehead atoms. The van der Waals surface area contributed by atoms with Crippen LogP contribution in [0.15, 0.2) is 167 Å². The molecule has 0 atom stereocenters. The molecule has 1 aliphatic heterocycles. The summed E-state index contributed by atoms with van der Waals surface area (Å²) in [5.41, 5.74) is 6.53. The monoisotopic (exact) mass is 1130 g/mol. The molecular formula is C63H53F2N13O6. The Kier molecular flexibility index (Phi) is 15.4. The molecule has 7 aromatic heterocycles. The van der Waals surface area contributed by atoms with Crippen LogP contribution in [0.3, 0.4) is 0 Å². The average molecular weight is 1130 g/mol. The first kappa shape index (κ1) is 55.2. The molecule has 1 N–H and O–H groups in total. The van der Waals surface area contributed by atoms with Crippen molar-refractivity contribution in [2.24, 2.45) is 19.1 Å². The number of ether oxygens (including phenoxy) is 2. The highest BCUT2D eigenvalue weighted by atomic mass is 19.1. The van der Waals surface area contributed by atoms with Crippen LogP contribution in [0.25, 0.3) is 60.8 Å². The SMILES string of the molecule is CC(C)n1cc(-c2ccc(F)cc2)c(=O)c(C(=O)Cc2ccc(Oc3cc4cnn(C)c4cc3-c3cn[nH]c3)cn2)n1.CC(C)n1cc(-c2ccc(F)cc2)c(=O)c(C(=O)Cc2ccc(Oc3cc4cnn(C)c4cc3C3=CCN=C3)cn2)n1. The lowest BCUT2D eigenvalue weighted by Gasteiger charge is -2.14. The summed E-state index contributed by atoms with van der Waals surface area (Å²) in [6.07, 6.45) is 16.9. The van der Waals surface area contributed by atoms with Gasteiger partial charge in [0.2, 0.25) is 10.9 Å². The van der Waals surface area contributed by atoms with Gasteiger partial charge in [-0.3, -0.25) is 58.0 Å². The molecule has 21 heteroatoms. The number of pyridine rings is 2. The fraction of sp³-hybridized carbons (Fsp3) is 0.175. The second-order valence-corrected chi connectivity index (χ2v) is 20.5. The van der Waals surface area contributed by atoms with Crippen molar-refractivity contribution in [3.05, 3.63) is 213 Å². The van der Waals surface area contributed by atoms with E-state index in [0.29, 0.717) is 52.1 Å². The van der Waals surface area contributed by atoms with Gasteiger partial charge in [0, 0.05) is 107 Å². The summed E-state index contributed by atoms with van der Waals surface area (Å²) >= 11 is 0. The predicted octanol–water partition coefficient (Wildman–Crippen LogP) is 11.1. The first-order valence-electron chi connectivity index (χ1n) is 26.7. The number of H-pyrrole nitrogens is 1. The standard InChI is InChI=1S/C32H27FN6O3.C31H26FN7O3/c1-19(2)39-18-27(20-4-6-23(33)7-5-20)32(41)31(37-39)29(40)13-24-8-9-25(17-35-24)42-30-12-22-16-36-38(3)28(22)14-26(30)21-10-11-34-15-21;1-18(2)39-17-26(19-4-6-22(32)7-5-19)31(41)30(37-39)28(40)11-23-8-9-24(16-33-23)42-29-10-20-15-36-38(3)27(20)12-25(29)21-13-34-35-14-21/h4-10,12,14-19H,11,13H2,1-3H3;4-10,12-18H,11H2,1-3H3,(H,34,35). The molecule has 0 radical (unpaired) electrons. The van der Waals surface area contributed by atoms with E-state index in [1.807, 2.05) is 83.0 Å². The number of Topliss-reactive ketones (excluding diaryl/α,β-unsaturated/α-hetero) is 2. The maximum Gasteiger partial charge on any atom is 0.219 e. The van der Waals surface area contributed by atoms with Crippen molar-refractivity contribution in [2.75, 3.05) is 6.54 Å². The van der Waals surface area contributed by atoms with Gasteiger partial charge < -0.3 is 9.47 Å². The number of hydrogen-bond donors (Lipinski definition) is 1. The first-order valence-corrected chi connectivity index (χ1v) is 26.7. The Morgan fingerprint density at radius 2 is 1.06 bits per heavy atom. The summed E-state index contributed by atoms with van der Waals surface area (Å²) < 4.78 is 46.2. The highest BCUT2D eigenvalue weighted by Crippen LogP contribution is 2.37. The number of ketones is 2. The summed E-state index contributed by atoms with van der Waals surface area (Å²) in [6, 6.07) is 25.6. The predicted molar refractivity (Wildman–Crippen MR) is 314 cm³/mol. The maximum absolute atomic E-state index is 13.5. The van der Waals surface area contributed by atoms with Crippen molar-refractivity contribution in [1.29, 1.82) is 0 Å². The van der Waals surface area contributed by atoms with E-state index < -0.39 is 34.1 Å². The maximum atomic E-state index is 13.5. The number of nitrogens with one attached hydrogen (secondary N) is 1. The number of halogens is 2. The van der Waals surface area contributed by atoms with Gasteiger partial charge in [-0.05, 0) is 112 Å². The van der Waals surface area contributed by atoms with E-state index in [9.17, 15) is 28.0 Å². The van der Waals surface area contributed by atoms with Gasteiger partial charge in [0.15, 0.2) is 23.0 Å². The topological polar surface area (TPSA) is 225 Å². The molecule has 0 fully saturated rings. The Morgan fingerprint density at radius 3 is 1.48 bits per heavy atom. The van der Waals surface area contributed by atoms with Crippen LogP contribution in [-0.2, 0) is 26.9 Å². The number of carbonyl (C=O) groups is 2.